The first-order chi connectivity index (χ1) is 12.0. The molecule has 1 aromatic carbocycles. The fourth-order valence-electron chi connectivity index (χ4n) is 2.50. The molecule has 0 aliphatic heterocycles. The Hall–Kier alpha value is -2.54. The standard InChI is InChI=1S/C18H19N3O3S/c1-11-7-12(2)9-14(8-11)17-20-21-18(24-17)25-10-16(22)19-13(3)15-5-4-6-23-15/h4-9,13H,10H2,1-3H3,(H,19,22)/t13-/m1/s1. The van der Waals surface area contributed by atoms with Crippen LogP contribution in [0.4, 0.5) is 0 Å². The van der Waals surface area contributed by atoms with E-state index in [4.69, 9.17) is 8.83 Å². The first-order valence-electron chi connectivity index (χ1n) is 7.89. The number of aryl methyl sites for hydroxylation is 2. The van der Waals surface area contributed by atoms with Gasteiger partial charge in [0.25, 0.3) is 5.22 Å². The Morgan fingerprint density at radius 2 is 2.00 bits per heavy atom. The molecule has 6 nitrogen and oxygen atoms in total. The molecule has 25 heavy (non-hydrogen) atoms. The zero-order chi connectivity index (χ0) is 17.8. The van der Waals surface area contributed by atoms with E-state index in [1.165, 1.54) is 11.8 Å². The molecule has 0 unspecified atom stereocenters. The molecule has 0 aliphatic rings. The zero-order valence-corrected chi connectivity index (χ0v) is 15.1. The van der Waals surface area contributed by atoms with Gasteiger partial charge in [-0.1, -0.05) is 29.0 Å². The summed E-state index contributed by atoms with van der Waals surface area (Å²) >= 11 is 1.21. The lowest BCUT2D eigenvalue weighted by Crippen LogP contribution is -2.27. The maximum Gasteiger partial charge on any atom is 0.277 e. The van der Waals surface area contributed by atoms with Crippen LogP contribution in [0.3, 0.4) is 0 Å². The molecule has 2 heterocycles. The number of aromatic nitrogens is 2. The highest BCUT2D eigenvalue weighted by Gasteiger charge is 2.15. The van der Waals surface area contributed by atoms with Crippen LogP contribution < -0.4 is 5.32 Å². The van der Waals surface area contributed by atoms with E-state index in [-0.39, 0.29) is 17.7 Å². The number of rotatable bonds is 6. The molecular weight excluding hydrogens is 338 g/mol. The minimum absolute atomic E-state index is 0.125. The summed E-state index contributed by atoms with van der Waals surface area (Å²) in [6.07, 6.45) is 1.58. The van der Waals surface area contributed by atoms with Gasteiger partial charge in [-0.25, -0.2) is 0 Å². The van der Waals surface area contributed by atoms with Crippen molar-refractivity contribution in [3.8, 4) is 11.5 Å². The van der Waals surface area contributed by atoms with Gasteiger partial charge in [0.1, 0.15) is 5.76 Å². The molecule has 3 aromatic rings. The fraction of sp³-hybridized carbons (Fsp3) is 0.278. The molecule has 2 aromatic heterocycles. The number of nitrogens with one attached hydrogen (secondary N) is 1. The van der Waals surface area contributed by atoms with Crippen LogP contribution in [0.2, 0.25) is 0 Å². The number of nitrogens with zero attached hydrogens (tertiary/aromatic N) is 2. The Labute approximate surface area is 150 Å². The third kappa shape index (κ3) is 4.51. The molecule has 3 rings (SSSR count). The summed E-state index contributed by atoms with van der Waals surface area (Å²) in [7, 11) is 0. The predicted molar refractivity (Wildman–Crippen MR) is 95.2 cm³/mol. The van der Waals surface area contributed by atoms with Crippen molar-refractivity contribution < 1.29 is 13.6 Å². The minimum Gasteiger partial charge on any atom is -0.467 e. The number of hydrogen-bond acceptors (Lipinski definition) is 6. The van der Waals surface area contributed by atoms with Crippen LogP contribution in [-0.2, 0) is 4.79 Å². The van der Waals surface area contributed by atoms with Crippen LogP contribution in [0.15, 0.2) is 50.7 Å². The molecule has 0 fully saturated rings. The summed E-state index contributed by atoms with van der Waals surface area (Å²) in [4.78, 5) is 12.0. The topological polar surface area (TPSA) is 81.2 Å². The van der Waals surface area contributed by atoms with Crippen molar-refractivity contribution in [2.75, 3.05) is 5.75 Å². The van der Waals surface area contributed by atoms with E-state index in [1.807, 2.05) is 39.0 Å². The van der Waals surface area contributed by atoms with E-state index in [1.54, 1.807) is 12.3 Å². The summed E-state index contributed by atoms with van der Waals surface area (Å²) < 4.78 is 10.9. The van der Waals surface area contributed by atoms with Crippen molar-refractivity contribution in [1.82, 2.24) is 15.5 Å². The quantitative estimate of drug-likeness (QED) is 0.674. The highest BCUT2D eigenvalue weighted by molar-refractivity contribution is 7.99. The average Bonchev–Trinajstić information content (AvgIpc) is 3.24. The molecule has 0 saturated heterocycles. The molecule has 1 amide bonds. The van der Waals surface area contributed by atoms with Crippen molar-refractivity contribution in [3.63, 3.8) is 0 Å². The van der Waals surface area contributed by atoms with Gasteiger partial charge in [0.05, 0.1) is 18.1 Å². The van der Waals surface area contributed by atoms with Crippen molar-refractivity contribution in [1.29, 1.82) is 0 Å². The summed E-state index contributed by atoms with van der Waals surface area (Å²) in [5.41, 5.74) is 3.15. The Bertz CT molecular complexity index is 838. The van der Waals surface area contributed by atoms with Crippen molar-refractivity contribution in [2.24, 2.45) is 0 Å². The van der Waals surface area contributed by atoms with Gasteiger partial charge in [0.2, 0.25) is 11.8 Å². The summed E-state index contributed by atoms with van der Waals surface area (Å²) in [6, 6.07) is 9.50. The lowest BCUT2D eigenvalue weighted by molar-refractivity contribution is -0.119. The van der Waals surface area contributed by atoms with Gasteiger partial charge in [0.15, 0.2) is 0 Å². The molecule has 0 spiro atoms. The molecule has 1 atom stereocenters. The van der Waals surface area contributed by atoms with Crippen molar-refractivity contribution in [2.45, 2.75) is 32.0 Å². The molecule has 0 aliphatic carbocycles. The third-order valence-electron chi connectivity index (χ3n) is 3.55. The van der Waals surface area contributed by atoms with E-state index >= 15 is 0 Å². The first kappa shape index (κ1) is 17.3. The average molecular weight is 357 g/mol. The number of hydrogen-bond donors (Lipinski definition) is 1. The normalized spacial score (nSPS) is 12.1. The molecular formula is C18H19N3O3S. The highest BCUT2D eigenvalue weighted by Crippen LogP contribution is 2.25. The number of furan rings is 1. The highest BCUT2D eigenvalue weighted by atomic mass is 32.2. The Balaban J connectivity index is 1.57. The van der Waals surface area contributed by atoms with Gasteiger partial charge >= 0.3 is 0 Å². The molecule has 0 radical (unpaired) electrons. The lowest BCUT2D eigenvalue weighted by atomic mass is 10.1. The second-order valence-corrected chi connectivity index (χ2v) is 6.77. The van der Waals surface area contributed by atoms with Gasteiger partial charge in [-0.15, -0.1) is 10.2 Å². The number of carbonyl (C=O) groups is 1. The SMILES string of the molecule is Cc1cc(C)cc(-c2nnc(SCC(=O)N[C@H](C)c3ccco3)o2)c1. The summed E-state index contributed by atoms with van der Waals surface area (Å²) in [6.45, 7) is 5.91. The van der Waals surface area contributed by atoms with Crippen LogP contribution in [0.5, 0.6) is 0 Å². The molecule has 130 valence electrons. The first-order valence-corrected chi connectivity index (χ1v) is 8.87. The smallest absolute Gasteiger partial charge is 0.277 e. The largest absolute Gasteiger partial charge is 0.467 e. The van der Waals surface area contributed by atoms with Gasteiger partial charge in [-0.3, -0.25) is 4.79 Å². The lowest BCUT2D eigenvalue weighted by Gasteiger charge is -2.10. The van der Waals surface area contributed by atoms with Crippen LogP contribution in [0, 0.1) is 13.8 Å². The van der Waals surface area contributed by atoms with E-state index in [0.717, 1.165) is 16.7 Å². The zero-order valence-electron chi connectivity index (χ0n) is 14.3. The second-order valence-electron chi connectivity index (χ2n) is 5.84. The number of benzene rings is 1. The molecule has 0 saturated carbocycles. The van der Waals surface area contributed by atoms with Crippen LogP contribution in [0.1, 0.15) is 29.9 Å². The maximum atomic E-state index is 12.0. The number of amides is 1. The molecule has 0 bridgehead atoms. The van der Waals surface area contributed by atoms with E-state index in [2.05, 4.69) is 21.6 Å². The maximum absolute atomic E-state index is 12.0. The predicted octanol–water partition coefficient (Wildman–Crippen LogP) is 3.92. The second kappa shape index (κ2) is 7.57. The van der Waals surface area contributed by atoms with E-state index in [0.29, 0.717) is 16.9 Å². The van der Waals surface area contributed by atoms with Gasteiger partial charge in [-0.05, 0) is 45.0 Å². The molecule has 7 heteroatoms. The Morgan fingerprint density at radius 1 is 1.24 bits per heavy atom. The Morgan fingerprint density at radius 3 is 2.68 bits per heavy atom. The van der Waals surface area contributed by atoms with E-state index < -0.39 is 0 Å². The van der Waals surface area contributed by atoms with Gasteiger partial charge in [0, 0.05) is 5.56 Å². The monoisotopic (exact) mass is 357 g/mol. The van der Waals surface area contributed by atoms with Crippen LogP contribution in [-0.4, -0.2) is 21.9 Å². The van der Waals surface area contributed by atoms with Gasteiger partial charge in [-0.2, -0.15) is 0 Å². The van der Waals surface area contributed by atoms with Crippen LogP contribution >= 0.6 is 11.8 Å². The summed E-state index contributed by atoms with van der Waals surface area (Å²) in [5, 5.41) is 11.3. The Kier molecular flexibility index (Phi) is 5.23. The number of carbonyl (C=O) groups excluding carboxylic acids is 1. The van der Waals surface area contributed by atoms with Gasteiger partial charge < -0.3 is 14.2 Å². The minimum atomic E-state index is -0.184. The van der Waals surface area contributed by atoms with Crippen molar-refractivity contribution >= 4 is 17.7 Å². The van der Waals surface area contributed by atoms with Crippen molar-refractivity contribution in [3.05, 3.63) is 53.5 Å². The third-order valence-corrected chi connectivity index (χ3v) is 4.37. The fourth-order valence-corrected chi connectivity index (χ4v) is 3.08. The number of thioether (sulfide) groups is 1. The molecule has 1 N–H and O–H groups in total. The van der Waals surface area contributed by atoms with E-state index in [9.17, 15) is 4.79 Å². The van der Waals surface area contributed by atoms with Crippen LogP contribution in [0.25, 0.3) is 11.5 Å². The summed E-state index contributed by atoms with van der Waals surface area (Å²) in [5.74, 6) is 1.24.